The van der Waals surface area contributed by atoms with Crippen LogP contribution in [-0.4, -0.2) is 53.2 Å². The third-order valence-corrected chi connectivity index (χ3v) is 4.30. The molecule has 0 atom stereocenters. The predicted octanol–water partition coefficient (Wildman–Crippen LogP) is 1.17. The molecule has 1 amide bonds. The van der Waals surface area contributed by atoms with Gasteiger partial charge in [0.15, 0.2) is 5.13 Å². The largest absolute Gasteiger partial charge is 0.389 e. The topological polar surface area (TPSA) is 82.7 Å². The summed E-state index contributed by atoms with van der Waals surface area (Å²) in [5.74, 6) is 0.0945. The molecule has 0 aromatic carbocycles. The van der Waals surface area contributed by atoms with Gasteiger partial charge in [-0.15, -0.1) is 0 Å². The minimum Gasteiger partial charge on any atom is -0.389 e. The summed E-state index contributed by atoms with van der Waals surface area (Å²) in [5, 5.41) is 10.6. The summed E-state index contributed by atoms with van der Waals surface area (Å²) in [4.78, 5) is 20.8. The maximum Gasteiger partial charge on any atom is 0.267 e. The molecule has 2 heterocycles. The second-order valence-corrected chi connectivity index (χ2v) is 6.86. The number of nitrogens with zero attached hydrogens (tertiary/aromatic N) is 3. The normalized spacial score (nSPS) is 15.7. The Morgan fingerprint density at radius 3 is 2.65 bits per heavy atom. The summed E-state index contributed by atoms with van der Waals surface area (Å²) in [6.07, 6.45) is 2.31. The third-order valence-electron chi connectivity index (χ3n) is 3.18. The van der Waals surface area contributed by atoms with E-state index in [4.69, 9.17) is 5.73 Å². The number of nitrogens with two attached hydrogens (primary N) is 1. The van der Waals surface area contributed by atoms with Gasteiger partial charge in [0, 0.05) is 26.7 Å². The predicted molar refractivity (Wildman–Crippen MR) is 81.2 cm³/mol. The Bertz CT molecular complexity index is 489. The SMILES string of the molecule is CN(CC(C)(C)O)C(=O)c1sc(N2CCCC2)nc1N. The summed E-state index contributed by atoms with van der Waals surface area (Å²) in [6, 6.07) is 0. The van der Waals surface area contributed by atoms with Crippen molar-refractivity contribution in [1.29, 1.82) is 0 Å². The minimum atomic E-state index is -0.929. The van der Waals surface area contributed by atoms with E-state index in [0.29, 0.717) is 4.88 Å². The molecule has 1 aromatic rings. The van der Waals surface area contributed by atoms with Crippen molar-refractivity contribution in [3.8, 4) is 0 Å². The van der Waals surface area contributed by atoms with Crippen molar-refractivity contribution in [2.75, 3.05) is 37.3 Å². The third kappa shape index (κ3) is 3.40. The molecule has 1 fully saturated rings. The summed E-state index contributed by atoms with van der Waals surface area (Å²) in [6.45, 7) is 5.54. The zero-order chi connectivity index (χ0) is 14.9. The van der Waals surface area contributed by atoms with E-state index in [2.05, 4.69) is 9.88 Å². The highest BCUT2D eigenvalue weighted by molar-refractivity contribution is 7.18. The standard InChI is InChI=1S/C13H22N4O2S/c1-13(2,19)8-16(3)11(18)9-10(14)15-12(20-9)17-6-4-5-7-17/h19H,4-8,14H2,1-3H3. The maximum absolute atomic E-state index is 12.4. The van der Waals surface area contributed by atoms with Crippen molar-refractivity contribution in [2.24, 2.45) is 0 Å². The van der Waals surface area contributed by atoms with Crippen LogP contribution in [0.4, 0.5) is 10.9 Å². The molecule has 1 saturated heterocycles. The van der Waals surface area contributed by atoms with Gasteiger partial charge in [0.2, 0.25) is 0 Å². The van der Waals surface area contributed by atoms with Gasteiger partial charge in [0.1, 0.15) is 10.7 Å². The van der Waals surface area contributed by atoms with E-state index >= 15 is 0 Å². The Labute approximate surface area is 123 Å². The molecule has 0 aliphatic carbocycles. The molecule has 7 heteroatoms. The Kier molecular flexibility index (Phi) is 4.19. The van der Waals surface area contributed by atoms with E-state index < -0.39 is 5.60 Å². The average molecular weight is 298 g/mol. The molecule has 3 N–H and O–H groups in total. The Morgan fingerprint density at radius 1 is 1.50 bits per heavy atom. The van der Waals surface area contributed by atoms with Gasteiger partial charge in [-0.25, -0.2) is 4.98 Å². The van der Waals surface area contributed by atoms with Crippen LogP contribution in [0.3, 0.4) is 0 Å². The molecule has 1 aliphatic heterocycles. The first-order valence-corrected chi connectivity index (χ1v) is 7.59. The number of nitrogen functional groups attached to an aromatic ring is 1. The zero-order valence-electron chi connectivity index (χ0n) is 12.2. The van der Waals surface area contributed by atoms with E-state index in [-0.39, 0.29) is 18.3 Å². The molecule has 0 radical (unpaired) electrons. The number of hydrogen-bond donors (Lipinski definition) is 2. The van der Waals surface area contributed by atoms with Gasteiger partial charge in [0.25, 0.3) is 5.91 Å². The first kappa shape index (κ1) is 15.1. The molecule has 0 saturated carbocycles. The highest BCUT2D eigenvalue weighted by Crippen LogP contribution is 2.31. The van der Waals surface area contributed by atoms with Crippen LogP contribution in [0.1, 0.15) is 36.4 Å². The lowest BCUT2D eigenvalue weighted by Gasteiger charge is -2.25. The number of rotatable bonds is 4. The van der Waals surface area contributed by atoms with Crippen molar-refractivity contribution in [3.05, 3.63) is 4.88 Å². The number of aliphatic hydroxyl groups is 1. The number of aromatic nitrogens is 1. The van der Waals surface area contributed by atoms with Crippen molar-refractivity contribution in [1.82, 2.24) is 9.88 Å². The number of amides is 1. The summed E-state index contributed by atoms with van der Waals surface area (Å²) < 4.78 is 0. The number of thiazole rings is 1. The molecule has 0 bridgehead atoms. The Balaban J connectivity index is 2.13. The molecule has 1 aromatic heterocycles. The number of hydrogen-bond acceptors (Lipinski definition) is 6. The van der Waals surface area contributed by atoms with Gasteiger partial charge in [-0.1, -0.05) is 11.3 Å². The lowest BCUT2D eigenvalue weighted by molar-refractivity contribution is 0.0371. The van der Waals surface area contributed by atoms with Crippen molar-refractivity contribution < 1.29 is 9.90 Å². The second-order valence-electron chi connectivity index (χ2n) is 5.88. The van der Waals surface area contributed by atoms with E-state index in [9.17, 15) is 9.90 Å². The van der Waals surface area contributed by atoms with Crippen molar-refractivity contribution >= 4 is 28.2 Å². The van der Waals surface area contributed by atoms with Crippen LogP contribution in [0.2, 0.25) is 0 Å². The Hall–Kier alpha value is -1.34. The first-order valence-electron chi connectivity index (χ1n) is 6.77. The highest BCUT2D eigenvalue weighted by Gasteiger charge is 2.26. The summed E-state index contributed by atoms with van der Waals surface area (Å²) in [7, 11) is 1.66. The van der Waals surface area contributed by atoms with Crippen LogP contribution in [0.25, 0.3) is 0 Å². The number of carbonyl (C=O) groups is 1. The van der Waals surface area contributed by atoms with E-state index in [1.54, 1.807) is 20.9 Å². The fourth-order valence-electron chi connectivity index (χ4n) is 2.34. The smallest absolute Gasteiger partial charge is 0.267 e. The molecule has 0 spiro atoms. The minimum absolute atomic E-state index is 0.187. The lowest BCUT2D eigenvalue weighted by Crippen LogP contribution is -2.39. The molecule has 0 unspecified atom stereocenters. The van der Waals surface area contributed by atoms with Crippen molar-refractivity contribution in [2.45, 2.75) is 32.3 Å². The van der Waals surface area contributed by atoms with Gasteiger partial charge < -0.3 is 20.6 Å². The van der Waals surface area contributed by atoms with Crippen LogP contribution >= 0.6 is 11.3 Å². The van der Waals surface area contributed by atoms with Crippen molar-refractivity contribution in [3.63, 3.8) is 0 Å². The quantitative estimate of drug-likeness (QED) is 0.872. The molecule has 112 valence electrons. The van der Waals surface area contributed by atoms with Gasteiger partial charge in [0.05, 0.1) is 5.60 Å². The molecule has 1 aliphatic rings. The van der Waals surface area contributed by atoms with E-state index in [1.807, 2.05) is 0 Å². The van der Waals surface area contributed by atoms with E-state index in [0.717, 1.165) is 31.1 Å². The van der Waals surface area contributed by atoms with Gasteiger partial charge >= 0.3 is 0 Å². The molecule has 20 heavy (non-hydrogen) atoms. The maximum atomic E-state index is 12.4. The number of anilines is 2. The molecule has 6 nitrogen and oxygen atoms in total. The van der Waals surface area contributed by atoms with E-state index in [1.165, 1.54) is 16.2 Å². The average Bonchev–Trinajstić information content (AvgIpc) is 2.94. The fraction of sp³-hybridized carbons (Fsp3) is 0.692. The fourth-order valence-corrected chi connectivity index (χ4v) is 3.37. The number of carbonyl (C=O) groups excluding carboxylic acids is 1. The van der Waals surface area contributed by atoms with Crippen LogP contribution in [-0.2, 0) is 0 Å². The zero-order valence-corrected chi connectivity index (χ0v) is 13.0. The van der Waals surface area contributed by atoms with Crippen LogP contribution < -0.4 is 10.6 Å². The molecular weight excluding hydrogens is 276 g/mol. The van der Waals surface area contributed by atoms with Crippen LogP contribution in [0, 0.1) is 0 Å². The van der Waals surface area contributed by atoms with Gasteiger partial charge in [-0.05, 0) is 26.7 Å². The van der Waals surface area contributed by atoms with Gasteiger partial charge in [-0.3, -0.25) is 4.79 Å². The second kappa shape index (κ2) is 5.57. The Morgan fingerprint density at radius 2 is 2.10 bits per heavy atom. The lowest BCUT2D eigenvalue weighted by atomic mass is 10.1. The number of likely N-dealkylation sites (N-methyl/N-ethyl adjacent to an activating group) is 1. The summed E-state index contributed by atoms with van der Waals surface area (Å²) in [5.41, 5.74) is 4.95. The first-order chi connectivity index (χ1) is 9.28. The van der Waals surface area contributed by atoms with Gasteiger partial charge in [-0.2, -0.15) is 0 Å². The monoisotopic (exact) mass is 298 g/mol. The highest BCUT2D eigenvalue weighted by atomic mass is 32.1. The molecular formula is C13H22N4O2S. The van der Waals surface area contributed by atoms with Crippen LogP contribution in [0.5, 0.6) is 0 Å². The summed E-state index contributed by atoms with van der Waals surface area (Å²) >= 11 is 1.34. The van der Waals surface area contributed by atoms with Crippen LogP contribution in [0.15, 0.2) is 0 Å². The molecule has 2 rings (SSSR count).